The van der Waals surface area contributed by atoms with E-state index in [-0.39, 0.29) is 30.2 Å². The van der Waals surface area contributed by atoms with Crippen molar-refractivity contribution in [2.45, 2.75) is 44.6 Å². The second-order valence-electron chi connectivity index (χ2n) is 6.32. The topological polar surface area (TPSA) is 140 Å². The van der Waals surface area contributed by atoms with Gasteiger partial charge in [-0.25, -0.2) is 0 Å². The number of carbonyl (C=O) groups excluding carboxylic acids is 2. The number of carbonyl (C=O) groups is 3. The number of ether oxygens (including phenoxy) is 2. The molecule has 1 fully saturated rings. The van der Waals surface area contributed by atoms with Crippen molar-refractivity contribution < 1.29 is 29.0 Å². The van der Waals surface area contributed by atoms with Crippen molar-refractivity contribution in [2.24, 2.45) is 11.7 Å². The molecular weight excluding hydrogens is 342 g/mol. The Labute approximate surface area is 154 Å². The minimum absolute atomic E-state index is 0.0657. The number of nitrogens with one attached hydrogen (secondary N) is 2. The molecular formula is C17H31N3O6. The van der Waals surface area contributed by atoms with Crippen LogP contribution in [0.5, 0.6) is 0 Å². The van der Waals surface area contributed by atoms with Gasteiger partial charge in [0.25, 0.3) is 0 Å². The summed E-state index contributed by atoms with van der Waals surface area (Å²) in [6, 6.07) is 0.0657. The highest BCUT2D eigenvalue weighted by atomic mass is 16.5. The zero-order valence-electron chi connectivity index (χ0n) is 15.2. The van der Waals surface area contributed by atoms with E-state index in [0.29, 0.717) is 71.6 Å². The number of carboxylic acid groups (broad SMARTS) is 1. The minimum Gasteiger partial charge on any atom is -0.481 e. The van der Waals surface area contributed by atoms with Crippen molar-refractivity contribution in [1.82, 2.24) is 10.6 Å². The van der Waals surface area contributed by atoms with Crippen LogP contribution in [0.15, 0.2) is 0 Å². The minimum atomic E-state index is -0.747. The molecule has 2 amide bonds. The van der Waals surface area contributed by atoms with Crippen molar-refractivity contribution in [3.05, 3.63) is 0 Å². The Kier molecular flexibility index (Phi) is 11.6. The molecule has 0 heterocycles. The first-order chi connectivity index (χ1) is 12.5. The largest absolute Gasteiger partial charge is 0.481 e. The molecule has 9 heteroatoms. The molecule has 0 aromatic heterocycles. The first-order valence-electron chi connectivity index (χ1n) is 9.17. The normalized spacial score (nSPS) is 19.7. The molecule has 1 saturated carbocycles. The molecule has 26 heavy (non-hydrogen) atoms. The lowest BCUT2D eigenvalue weighted by molar-refractivity contribution is -0.142. The number of rotatable bonds is 13. The lowest BCUT2D eigenvalue weighted by Crippen LogP contribution is -2.39. The summed E-state index contributed by atoms with van der Waals surface area (Å²) in [5.41, 5.74) is 5.26. The average Bonchev–Trinajstić information content (AvgIpc) is 2.61. The fraction of sp³-hybridized carbons (Fsp3) is 0.824. The predicted molar refractivity (Wildman–Crippen MR) is 94.5 cm³/mol. The van der Waals surface area contributed by atoms with Crippen LogP contribution >= 0.6 is 0 Å². The summed E-state index contributed by atoms with van der Waals surface area (Å²) in [6.07, 6.45) is 3.22. The van der Waals surface area contributed by atoms with Gasteiger partial charge in [-0.05, 0) is 25.7 Å². The van der Waals surface area contributed by atoms with Crippen LogP contribution in [-0.2, 0) is 23.9 Å². The molecule has 1 aliphatic rings. The van der Waals surface area contributed by atoms with E-state index in [1.54, 1.807) is 0 Å². The summed E-state index contributed by atoms with van der Waals surface area (Å²) in [7, 11) is 0. The molecule has 0 spiro atoms. The van der Waals surface area contributed by atoms with E-state index in [9.17, 15) is 14.4 Å². The summed E-state index contributed by atoms with van der Waals surface area (Å²) in [6.45, 7) is 2.26. The smallest absolute Gasteiger partial charge is 0.306 e. The van der Waals surface area contributed by atoms with Gasteiger partial charge < -0.3 is 30.9 Å². The second kappa shape index (κ2) is 13.5. The molecule has 9 nitrogen and oxygen atoms in total. The van der Waals surface area contributed by atoms with Crippen molar-refractivity contribution in [2.75, 3.05) is 39.5 Å². The highest BCUT2D eigenvalue weighted by molar-refractivity contribution is 5.76. The van der Waals surface area contributed by atoms with Gasteiger partial charge in [0.15, 0.2) is 0 Å². The van der Waals surface area contributed by atoms with Gasteiger partial charge in [-0.15, -0.1) is 0 Å². The van der Waals surface area contributed by atoms with Crippen molar-refractivity contribution in [1.29, 1.82) is 0 Å². The Morgan fingerprint density at radius 1 is 0.923 bits per heavy atom. The van der Waals surface area contributed by atoms with Gasteiger partial charge in [-0.1, -0.05) is 0 Å². The average molecular weight is 373 g/mol. The van der Waals surface area contributed by atoms with Crippen LogP contribution in [-0.4, -0.2) is 68.4 Å². The second-order valence-corrected chi connectivity index (χ2v) is 6.32. The van der Waals surface area contributed by atoms with Gasteiger partial charge in [0.2, 0.25) is 11.8 Å². The monoisotopic (exact) mass is 373 g/mol. The molecule has 0 atom stereocenters. The molecule has 0 aliphatic heterocycles. The first-order valence-corrected chi connectivity index (χ1v) is 9.17. The van der Waals surface area contributed by atoms with Gasteiger partial charge in [-0.3, -0.25) is 14.4 Å². The van der Waals surface area contributed by atoms with E-state index >= 15 is 0 Å². The summed E-state index contributed by atoms with van der Waals surface area (Å²) in [5.74, 6) is -1.19. The van der Waals surface area contributed by atoms with Crippen molar-refractivity contribution in [3.8, 4) is 0 Å². The Morgan fingerprint density at radius 3 is 2.19 bits per heavy atom. The van der Waals surface area contributed by atoms with E-state index in [1.165, 1.54) is 0 Å². The van der Waals surface area contributed by atoms with E-state index in [4.69, 9.17) is 20.3 Å². The fourth-order valence-electron chi connectivity index (χ4n) is 2.75. The van der Waals surface area contributed by atoms with Crippen LogP contribution in [0.1, 0.15) is 38.5 Å². The van der Waals surface area contributed by atoms with Crippen LogP contribution in [0.2, 0.25) is 0 Å². The van der Waals surface area contributed by atoms with Crippen LogP contribution in [0.4, 0.5) is 0 Å². The molecule has 5 N–H and O–H groups in total. The van der Waals surface area contributed by atoms with Crippen LogP contribution in [0.3, 0.4) is 0 Å². The zero-order chi connectivity index (χ0) is 19.2. The highest BCUT2D eigenvalue weighted by Crippen LogP contribution is 2.24. The van der Waals surface area contributed by atoms with Gasteiger partial charge in [0.1, 0.15) is 0 Å². The van der Waals surface area contributed by atoms with E-state index in [2.05, 4.69) is 10.6 Å². The third-order valence-corrected chi connectivity index (χ3v) is 4.23. The summed E-state index contributed by atoms with van der Waals surface area (Å²) >= 11 is 0. The lowest BCUT2D eigenvalue weighted by atomic mass is 9.86. The number of nitrogens with two attached hydrogens (primary N) is 1. The van der Waals surface area contributed by atoms with Crippen LogP contribution in [0, 0.1) is 5.92 Å². The molecule has 0 radical (unpaired) electrons. The first kappa shape index (κ1) is 22.3. The Hall–Kier alpha value is -1.71. The number of carboxylic acids is 1. The van der Waals surface area contributed by atoms with E-state index in [0.717, 1.165) is 0 Å². The molecule has 0 unspecified atom stereocenters. The predicted octanol–water partition coefficient (Wildman–Crippen LogP) is -0.366. The summed E-state index contributed by atoms with van der Waals surface area (Å²) in [4.78, 5) is 33.9. The molecule has 0 saturated heterocycles. The number of amides is 2. The van der Waals surface area contributed by atoms with Gasteiger partial charge in [0.05, 0.1) is 32.3 Å². The standard InChI is InChI=1S/C17H31N3O6/c18-7-5-15(21)19-8-10-26-12-11-25-9-6-16(22)20-14-3-1-13(2-4-14)17(23)24/h13-14H,1-12,18H2,(H,19,21)(H,20,22)(H,23,24). The maximum atomic E-state index is 11.8. The maximum Gasteiger partial charge on any atom is 0.306 e. The zero-order valence-corrected chi connectivity index (χ0v) is 15.2. The van der Waals surface area contributed by atoms with Gasteiger partial charge in [0, 0.05) is 32.0 Å². The van der Waals surface area contributed by atoms with E-state index in [1.807, 2.05) is 0 Å². The van der Waals surface area contributed by atoms with Gasteiger partial charge >= 0.3 is 5.97 Å². The van der Waals surface area contributed by atoms with Crippen LogP contribution in [0.25, 0.3) is 0 Å². The summed E-state index contributed by atoms with van der Waals surface area (Å²) < 4.78 is 10.6. The quantitative estimate of drug-likeness (QED) is 0.323. The molecule has 1 aliphatic carbocycles. The van der Waals surface area contributed by atoms with Crippen molar-refractivity contribution >= 4 is 17.8 Å². The lowest BCUT2D eigenvalue weighted by Gasteiger charge is -2.26. The Bertz CT molecular complexity index is 438. The van der Waals surface area contributed by atoms with Crippen LogP contribution < -0.4 is 16.4 Å². The number of aliphatic carboxylic acids is 1. The molecule has 0 bridgehead atoms. The molecule has 0 aromatic carbocycles. The molecule has 0 aromatic rings. The molecule has 150 valence electrons. The third kappa shape index (κ3) is 10.3. The van der Waals surface area contributed by atoms with Crippen molar-refractivity contribution in [3.63, 3.8) is 0 Å². The van der Waals surface area contributed by atoms with E-state index < -0.39 is 5.97 Å². The molecule has 1 rings (SSSR count). The fourth-order valence-corrected chi connectivity index (χ4v) is 2.75. The number of hydrogen-bond acceptors (Lipinski definition) is 6. The maximum absolute atomic E-state index is 11.8. The summed E-state index contributed by atoms with van der Waals surface area (Å²) in [5, 5.41) is 14.6. The number of hydrogen-bond donors (Lipinski definition) is 4. The highest BCUT2D eigenvalue weighted by Gasteiger charge is 2.26. The Morgan fingerprint density at radius 2 is 1.58 bits per heavy atom. The Balaban J connectivity index is 1.91. The third-order valence-electron chi connectivity index (χ3n) is 4.23. The SMILES string of the molecule is NCCC(=O)NCCOCCOCCC(=O)NC1CCC(C(=O)O)CC1. The van der Waals surface area contributed by atoms with Gasteiger partial charge in [-0.2, -0.15) is 0 Å².